The maximum absolute atomic E-state index is 12.2. The second kappa shape index (κ2) is 9.71. The van der Waals surface area contributed by atoms with Gasteiger partial charge in [-0.15, -0.1) is 0 Å². The fourth-order valence-corrected chi connectivity index (χ4v) is 4.06. The molecule has 0 spiro atoms. The summed E-state index contributed by atoms with van der Waals surface area (Å²) in [4.78, 5) is 2.35. The molecule has 1 N–H and O–H groups in total. The Morgan fingerprint density at radius 2 is 1.65 bits per heavy atom. The molecule has 0 aromatic heterocycles. The zero-order valence-electron chi connectivity index (χ0n) is 13.1. The van der Waals surface area contributed by atoms with E-state index in [-0.39, 0.29) is 0 Å². The molecule has 0 aromatic rings. The number of piperazine rings is 1. The Morgan fingerprint density at radius 3 is 2.25 bits per heavy atom. The van der Waals surface area contributed by atoms with E-state index in [0.717, 1.165) is 58.4 Å². The van der Waals surface area contributed by atoms with Crippen molar-refractivity contribution in [2.24, 2.45) is 0 Å². The molecule has 1 aliphatic heterocycles. The average molecular weight is 305 g/mol. The normalized spacial score (nSPS) is 18.5. The summed E-state index contributed by atoms with van der Waals surface area (Å²) in [5.41, 5.74) is 0. The molecule has 1 saturated heterocycles. The van der Waals surface area contributed by atoms with Crippen LogP contribution < -0.4 is 5.32 Å². The third kappa shape index (κ3) is 6.52. The lowest BCUT2D eigenvalue weighted by Crippen LogP contribution is -2.49. The van der Waals surface area contributed by atoms with Gasteiger partial charge in [-0.25, -0.2) is 8.42 Å². The van der Waals surface area contributed by atoms with E-state index in [1.807, 2.05) is 0 Å². The largest absolute Gasteiger partial charge is 0.317 e. The first-order valence-electron chi connectivity index (χ1n) is 8.01. The van der Waals surface area contributed by atoms with E-state index in [1.165, 1.54) is 0 Å². The van der Waals surface area contributed by atoms with Gasteiger partial charge in [-0.1, -0.05) is 13.8 Å². The van der Waals surface area contributed by atoms with Crippen molar-refractivity contribution in [3.8, 4) is 0 Å². The van der Waals surface area contributed by atoms with E-state index < -0.39 is 10.0 Å². The third-order valence-corrected chi connectivity index (χ3v) is 5.65. The maximum Gasteiger partial charge on any atom is 0.214 e. The van der Waals surface area contributed by atoms with Gasteiger partial charge in [-0.05, 0) is 45.3 Å². The third-order valence-electron chi connectivity index (χ3n) is 3.70. The van der Waals surface area contributed by atoms with Crippen molar-refractivity contribution >= 4 is 10.0 Å². The summed E-state index contributed by atoms with van der Waals surface area (Å²) in [5.74, 6) is 0.300. The minimum absolute atomic E-state index is 0.300. The van der Waals surface area contributed by atoms with E-state index in [4.69, 9.17) is 0 Å². The molecule has 0 bridgehead atoms. The lowest BCUT2D eigenvalue weighted by atomic mass is 10.3. The standard InChI is InChI=1S/C14H31N3O2S/c1-3-7-15-8-5-6-14-20(18,19)17-12-10-16(9-4-2)11-13-17/h15H,3-14H2,1-2H3. The van der Waals surface area contributed by atoms with Gasteiger partial charge in [0.2, 0.25) is 10.0 Å². The molecule has 120 valence electrons. The lowest BCUT2D eigenvalue weighted by Gasteiger charge is -2.33. The molecule has 5 nitrogen and oxygen atoms in total. The van der Waals surface area contributed by atoms with Crippen LogP contribution in [0.25, 0.3) is 0 Å². The Kier molecular flexibility index (Phi) is 8.68. The molecule has 0 unspecified atom stereocenters. The zero-order chi connectivity index (χ0) is 14.8. The molecule has 0 aliphatic carbocycles. The van der Waals surface area contributed by atoms with Crippen LogP contribution in [0.4, 0.5) is 0 Å². The molecule has 0 amide bonds. The van der Waals surface area contributed by atoms with Gasteiger partial charge in [-0.3, -0.25) is 0 Å². The predicted octanol–water partition coefficient (Wildman–Crippen LogP) is 1.12. The average Bonchev–Trinajstić information content (AvgIpc) is 2.44. The van der Waals surface area contributed by atoms with Crippen LogP contribution in [0, 0.1) is 0 Å². The van der Waals surface area contributed by atoms with Crippen LogP contribution in [0.15, 0.2) is 0 Å². The molecule has 1 fully saturated rings. The van der Waals surface area contributed by atoms with Crippen LogP contribution in [-0.2, 0) is 10.0 Å². The van der Waals surface area contributed by atoms with Crippen LogP contribution in [0.1, 0.15) is 39.5 Å². The van der Waals surface area contributed by atoms with Crippen molar-refractivity contribution in [1.82, 2.24) is 14.5 Å². The van der Waals surface area contributed by atoms with Crippen molar-refractivity contribution in [2.45, 2.75) is 39.5 Å². The Hall–Kier alpha value is -0.170. The quantitative estimate of drug-likeness (QED) is 0.615. The molecule has 6 heteroatoms. The van der Waals surface area contributed by atoms with Gasteiger partial charge in [0.15, 0.2) is 0 Å². The van der Waals surface area contributed by atoms with Crippen LogP contribution in [0.5, 0.6) is 0 Å². The van der Waals surface area contributed by atoms with E-state index in [2.05, 4.69) is 24.1 Å². The SMILES string of the molecule is CCCNCCCCS(=O)(=O)N1CCN(CCC)CC1. The predicted molar refractivity (Wildman–Crippen MR) is 84.5 cm³/mol. The van der Waals surface area contributed by atoms with Gasteiger partial charge in [-0.2, -0.15) is 4.31 Å². The van der Waals surface area contributed by atoms with Crippen molar-refractivity contribution in [2.75, 3.05) is 51.6 Å². The first-order valence-corrected chi connectivity index (χ1v) is 9.62. The Bertz CT molecular complexity index is 338. The molecule has 1 rings (SSSR count). The van der Waals surface area contributed by atoms with Crippen molar-refractivity contribution in [1.29, 1.82) is 0 Å². The van der Waals surface area contributed by atoms with Gasteiger partial charge < -0.3 is 10.2 Å². The first kappa shape index (κ1) is 17.9. The molecular weight excluding hydrogens is 274 g/mol. The summed E-state index contributed by atoms with van der Waals surface area (Å²) in [7, 11) is -3.04. The van der Waals surface area contributed by atoms with Crippen LogP contribution >= 0.6 is 0 Å². The number of nitrogens with one attached hydrogen (secondary N) is 1. The monoisotopic (exact) mass is 305 g/mol. The van der Waals surface area contributed by atoms with Crippen LogP contribution in [0.2, 0.25) is 0 Å². The minimum Gasteiger partial charge on any atom is -0.317 e. The van der Waals surface area contributed by atoms with Gasteiger partial charge in [0.1, 0.15) is 0 Å². The van der Waals surface area contributed by atoms with Gasteiger partial charge >= 0.3 is 0 Å². The fourth-order valence-electron chi connectivity index (χ4n) is 2.51. The van der Waals surface area contributed by atoms with Gasteiger partial charge in [0.05, 0.1) is 5.75 Å². The van der Waals surface area contributed by atoms with Crippen LogP contribution in [0.3, 0.4) is 0 Å². The smallest absolute Gasteiger partial charge is 0.214 e. The molecule has 1 aliphatic rings. The zero-order valence-corrected chi connectivity index (χ0v) is 13.9. The number of sulfonamides is 1. The Labute approximate surface area is 124 Å². The second-order valence-electron chi connectivity index (χ2n) is 5.51. The lowest BCUT2D eigenvalue weighted by molar-refractivity contribution is 0.188. The van der Waals surface area contributed by atoms with Crippen LogP contribution in [-0.4, -0.2) is 69.2 Å². The Morgan fingerprint density at radius 1 is 0.950 bits per heavy atom. The summed E-state index contributed by atoms with van der Waals surface area (Å²) >= 11 is 0. The van der Waals surface area contributed by atoms with E-state index in [0.29, 0.717) is 18.8 Å². The number of hydrogen-bond donors (Lipinski definition) is 1. The maximum atomic E-state index is 12.2. The highest BCUT2D eigenvalue weighted by atomic mass is 32.2. The molecular formula is C14H31N3O2S. The molecule has 0 saturated carbocycles. The summed E-state index contributed by atoms with van der Waals surface area (Å²) in [5, 5.41) is 3.31. The summed E-state index contributed by atoms with van der Waals surface area (Å²) in [6.07, 6.45) is 3.96. The highest BCUT2D eigenvalue weighted by molar-refractivity contribution is 7.89. The van der Waals surface area contributed by atoms with E-state index in [9.17, 15) is 8.42 Å². The number of nitrogens with zero attached hydrogens (tertiary/aromatic N) is 2. The second-order valence-corrected chi connectivity index (χ2v) is 7.60. The molecule has 1 heterocycles. The highest BCUT2D eigenvalue weighted by Gasteiger charge is 2.25. The first-order chi connectivity index (χ1) is 9.60. The molecule has 0 atom stereocenters. The minimum atomic E-state index is -3.04. The Balaban J connectivity index is 2.21. The molecule has 0 aromatic carbocycles. The van der Waals surface area contributed by atoms with E-state index >= 15 is 0 Å². The summed E-state index contributed by atoms with van der Waals surface area (Å²) in [6, 6.07) is 0. The number of hydrogen-bond acceptors (Lipinski definition) is 4. The van der Waals surface area contributed by atoms with E-state index in [1.54, 1.807) is 4.31 Å². The summed E-state index contributed by atoms with van der Waals surface area (Å²) < 4.78 is 26.1. The van der Waals surface area contributed by atoms with Crippen molar-refractivity contribution < 1.29 is 8.42 Å². The highest BCUT2D eigenvalue weighted by Crippen LogP contribution is 2.10. The molecule has 0 radical (unpaired) electrons. The van der Waals surface area contributed by atoms with Crippen molar-refractivity contribution in [3.05, 3.63) is 0 Å². The van der Waals surface area contributed by atoms with Gasteiger partial charge in [0.25, 0.3) is 0 Å². The topological polar surface area (TPSA) is 52.7 Å². The number of unbranched alkanes of at least 4 members (excludes halogenated alkanes) is 1. The number of rotatable bonds is 10. The summed E-state index contributed by atoms with van der Waals surface area (Å²) in [6.45, 7) is 10.4. The van der Waals surface area contributed by atoms with Gasteiger partial charge in [0, 0.05) is 26.2 Å². The fraction of sp³-hybridized carbons (Fsp3) is 1.00. The molecule has 20 heavy (non-hydrogen) atoms. The van der Waals surface area contributed by atoms with Crippen molar-refractivity contribution in [3.63, 3.8) is 0 Å².